The van der Waals surface area contributed by atoms with Crippen LogP contribution in [0.1, 0.15) is 56.0 Å². The Morgan fingerprint density at radius 3 is 2.72 bits per heavy atom. The van der Waals surface area contributed by atoms with Crippen LogP contribution in [0.2, 0.25) is 0 Å². The maximum Gasteiger partial charge on any atom is 0.257 e. The highest BCUT2D eigenvalue weighted by Crippen LogP contribution is 2.40. The summed E-state index contributed by atoms with van der Waals surface area (Å²) in [6, 6.07) is 13.3. The number of nitrogens with one attached hydrogen (secondary N) is 1. The second-order valence-corrected chi connectivity index (χ2v) is 8.17. The van der Waals surface area contributed by atoms with Gasteiger partial charge in [-0.3, -0.25) is 5.73 Å². The monoisotopic (exact) mass is 453 g/mol. The number of hydrogen-bond acceptors (Lipinski definition) is 8. The van der Waals surface area contributed by atoms with Crippen LogP contribution >= 0.6 is 12.2 Å². The van der Waals surface area contributed by atoms with E-state index in [9.17, 15) is 0 Å². The van der Waals surface area contributed by atoms with E-state index in [-0.39, 0.29) is 12.4 Å². The highest BCUT2D eigenvalue weighted by Gasteiger charge is 2.41. The highest BCUT2D eigenvalue weighted by molar-refractivity contribution is 7.81. The second-order valence-electron chi connectivity index (χ2n) is 7.76. The molecule has 1 unspecified atom stereocenters. The molecular formula is C23H27N5O3S. The van der Waals surface area contributed by atoms with Crippen molar-refractivity contribution in [2.75, 3.05) is 13.2 Å². The van der Waals surface area contributed by atoms with Gasteiger partial charge in [0.1, 0.15) is 12.4 Å². The van der Waals surface area contributed by atoms with Crippen LogP contribution in [0.5, 0.6) is 17.2 Å². The zero-order valence-corrected chi connectivity index (χ0v) is 18.9. The molecule has 2 aromatic carbocycles. The zero-order chi connectivity index (χ0) is 22.4. The Morgan fingerprint density at radius 1 is 1.16 bits per heavy atom. The topological polar surface area (TPSA) is 108 Å². The quantitative estimate of drug-likeness (QED) is 0.270. The molecule has 0 aliphatic carbocycles. The van der Waals surface area contributed by atoms with Gasteiger partial charge in [-0.1, -0.05) is 50.9 Å². The lowest BCUT2D eigenvalue weighted by atomic mass is 10.0. The number of ether oxygens (including phenoxy) is 3. The Labute approximate surface area is 192 Å². The van der Waals surface area contributed by atoms with Gasteiger partial charge in [0.05, 0.1) is 11.5 Å². The van der Waals surface area contributed by atoms with E-state index in [1.54, 1.807) is 0 Å². The molecule has 0 saturated heterocycles. The zero-order valence-electron chi connectivity index (χ0n) is 18.0. The summed E-state index contributed by atoms with van der Waals surface area (Å²) in [4.78, 5) is 0.619. The van der Waals surface area contributed by atoms with E-state index in [2.05, 4.69) is 27.5 Å². The maximum atomic E-state index is 6.36. The second kappa shape index (κ2) is 10.1. The first-order valence-corrected chi connectivity index (χ1v) is 11.3. The molecule has 8 nitrogen and oxygen atoms in total. The van der Waals surface area contributed by atoms with E-state index in [4.69, 9.17) is 32.2 Å². The molecule has 3 N–H and O–H groups in total. The molecule has 1 aliphatic heterocycles. The van der Waals surface area contributed by atoms with Crippen molar-refractivity contribution in [3.05, 3.63) is 59.4 Å². The molecule has 168 valence electrons. The van der Waals surface area contributed by atoms with E-state index >= 15 is 0 Å². The molecule has 0 spiro atoms. The smallest absolute Gasteiger partial charge is 0.257 e. The van der Waals surface area contributed by atoms with Gasteiger partial charge in [0.25, 0.3) is 5.72 Å². The maximum absolute atomic E-state index is 6.36. The van der Waals surface area contributed by atoms with Crippen LogP contribution in [0, 0.1) is 0 Å². The summed E-state index contributed by atoms with van der Waals surface area (Å²) >= 11 is 5.77. The van der Waals surface area contributed by atoms with Gasteiger partial charge in [-0.25, -0.2) is 0 Å². The number of rotatable bonds is 10. The number of hydrogen-bond donors (Lipinski definition) is 2. The summed E-state index contributed by atoms with van der Waals surface area (Å²) in [5, 5.41) is 13.8. The van der Waals surface area contributed by atoms with Gasteiger partial charge >= 0.3 is 0 Å². The third kappa shape index (κ3) is 4.89. The highest BCUT2D eigenvalue weighted by atomic mass is 32.1. The molecule has 0 bridgehead atoms. The number of fused-ring (bicyclic) bond motifs is 1. The van der Waals surface area contributed by atoms with E-state index in [0.29, 0.717) is 21.9 Å². The number of thiocarbonyl (C=S) groups is 1. The molecule has 0 fully saturated rings. The summed E-state index contributed by atoms with van der Waals surface area (Å²) in [5.41, 5.74) is 6.58. The van der Waals surface area contributed by atoms with Crippen LogP contribution in [-0.4, -0.2) is 38.7 Å². The number of para-hydroxylation sites is 1. The summed E-state index contributed by atoms with van der Waals surface area (Å²) in [7, 11) is 0. The molecule has 32 heavy (non-hydrogen) atoms. The summed E-state index contributed by atoms with van der Waals surface area (Å²) in [6.45, 7) is 2.99. The van der Waals surface area contributed by atoms with Crippen molar-refractivity contribution in [2.24, 2.45) is 5.73 Å². The minimum Gasteiger partial charge on any atom is -0.494 e. The Morgan fingerprint density at radius 2 is 1.97 bits per heavy atom. The molecule has 1 aromatic heterocycles. The molecule has 0 amide bonds. The molecule has 0 saturated carbocycles. The lowest BCUT2D eigenvalue weighted by Gasteiger charge is -2.33. The lowest BCUT2D eigenvalue weighted by Crippen LogP contribution is -2.51. The van der Waals surface area contributed by atoms with Crippen LogP contribution in [0.4, 0.5) is 0 Å². The van der Waals surface area contributed by atoms with Gasteiger partial charge in [0.2, 0.25) is 5.82 Å². The Balaban J connectivity index is 1.45. The van der Waals surface area contributed by atoms with Crippen molar-refractivity contribution >= 4 is 17.1 Å². The first-order valence-electron chi connectivity index (χ1n) is 10.9. The van der Waals surface area contributed by atoms with Crippen LogP contribution in [0.15, 0.2) is 42.5 Å². The van der Waals surface area contributed by atoms with Crippen LogP contribution in [-0.2, 0) is 5.72 Å². The Kier molecular flexibility index (Phi) is 6.96. The standard InChI is InChI=1S/C23H27N5O3S/c1-2-3-4-5-6-14-29-17-12-10-16(11-13-17)21(32)18-8-7-9-19-20(18)31-23(24,15-30-19)22-25-27-28-26-22/h7-13H,2-6,14-15,24H2,1H3,(H,25,26,27,28). The SMILES string of the molecule is CCCCCCCOc1ccc(C(=S)c2cccc3c2OC(N)(c2nn[nH]n2)CO3)cc1. The van der Waals surface area contributed by atoms with Crippen molar-refractivity contribution < 1.29 is 14.2 Å². The fraction of sp³-hybridized carbons (Fsp3) is 0.391. The summed E-state index contributed by atoms with van der Waals surface area (Å²) in [5.74, 6) is 2.07. The first-order chi connectivity index (χ1) is 15.6. The van der Waals surface area contributed by atoms with Crippen LogP contribution in [0.3, 0.4) is 0 Å². The van der Waals surface area contributed by atoms with Crippen LogP contribution < -0.4 is 19.9 Å². The Bertz CT molecular complexity index is 1040. The number of nitrogens with zero attached hydrogens (tertiary/aromatic N) is 3. The lowest BCUT2D eigenvalue weighted by molar-refractivity contribution is -0.0149. The molecule has 9 heteroatoms. The third-order valence-electron chi connectivity index (χ3n) is 5.31. The number of nitrogens with two attached hydrogens (primary N) is 1. The van der Waals surface area contributed by atoms with Gasteiger partial charge in [-0.15, -0.1) is 10.2 Å². The van der Waals surface area contributed by atoms with Crippen molar-refractivity contribution in [1.29, 1.82) is 0 Å². The fourth-order valence-corrected chi connectivity index (χ4v) is 3.81. The van der Waals surface area contributed by atoms with Crippen molar-refractivity contribution in [2.45, 2.75) is 44.8 Å². The molecule has 3 aromatic rings. The third-order valence-corrected chi connectivity index (χ3v) is 5.76. The number of tetrazole rings is 1. The molecule has 4 rings (SSSR count). The van der Waals surface area contributed by atoms with E-state index in [0.717, 1.165) is 24.3 Å². The number of H-pyrrole nitrogens is 1. The molecule has 0 radical (unpaired) electrons. The van der Waals surface area contributed by atoms with Crippen LogP contribution in [0.25, 0.3) is 0 Å². The average molecular weight is 454 g/mol. The number of aromatic amines is 1. The normalized spacial score (nSPS) is 17.2. The van der Waals surface area contributed by atoms with E-state index < -0.39 is 5.72 Å². The fourth-order valence-electron chi connectivity index (χ4n) is 3.52. The minimum absolute atomic E-state index is 0.0558. The minimum atomic E-state index is -1.36. The summed E-state index contributed by atoms with van der Waals surface area (Å²) in [6.07, 6.45) is 6.05. The molecule has 1 atom stereocenters. The summed E-state index contributed by atoms with van der Waals surface area (Å²) < 4.78 is 17.8. The van der Waals surface area contributed by atoms with Gasteiger partial charge in [-0.05, 0) is 53.6 Å². The van der Waals surface area contributed by atoms with Gasteiger partial charge < -0.3 is 14.2 Å². The van der Waals surface area contributed by atoms with E-state index in [1.807, 2.05) is 42.5 Å². The first kappa shape index (κ1) is 22.2. The molecule has 1 aliphatic rings. The van der Waals surface area contributed by atoms with Gasteiger partial charge in [0.15, 0.2) is 11.5 Å². The number of aromatic nitrogens is 4. The predicted molar refractivity (Wildman–Crippen MR) is 124 cm³/mol. The molecular weight excluding hydrogens is 426 g/mol. The van der Waals surface area contributed by atoms with Crippen molar-refractivity contribution in [3.8, 4) is 17.2 Å². The number of unbranched alkanes of at least 4 members (excludes halogenated alkanes) is 4. The average Bonchev–Trinajstić information content (AvgIpc) is 3.37. The number of benzene rings is 2. The van der Waals surface area contributed by atoms with Gasteiger partial charge in [-0.2, -0.15) is 5.21 Å². The van der Waals surface area contributed by atoms with Gasteiger partial charge in [0, 0.05) is 5.56 Å². The van der Waals surface area contributed by atoms with Crippen molar-refractivity contribution in [1.82, 2.24) is 20.6 Å². The largest absolute Gasteiger partial charge is 0.494 e. The predicted octanol–water partition coefficient (Wildman–Crippen LogP) is 3.90. The Hall–Kier alpha value is -3.04. The molecule has 2 heterocycles. The van der Waals surface area contributed by atoms with E-state index in [1.165, 1.54) is 25.7 Å². The van der Waals surface area contributed by atoms with Crippen molar-refractivity contribution in [3.63, 3.8) is 0 Å².